The largest absolute Gasteiger partial charge is 0.477 e. The van der Waals surface area contributed by atoms with Gasteiger partial charge >= 0.3 is 12.1 Å². The van der Waals surface area contributed by atoms with Crippen LogP contribution < -0.4 is 10.5 Å². The molecule has 9 heteroatoms. The number of aromatic carboxylic acids is 1. The quantitative estimate of drug-likeness (QED) is 0.735. The zero-order chi connectivity index (χ0) is 24.5. The minimum atomic E-state index is -1.30. The number of anilines is 1. The lowest BCUT2D eigenvalue weighted by Gasteiger charge is -2.28. The van der Waals surface area contributed by atoms with Crippen LogP contribution in [0, 0.1) is 24.6 Å². The minimum Gasteiger partial charge on any atom is -0.477 e. The van der Waals surface area contributed by atoms with Crippen molar-refractivity contribution in [3.63, 3.8) is 0 Å². The van der Waals surface area contributed by atoms with Crippen molar-refractivity contribution in [2.24, 2.45) is 11.8 Å². The number of rotatable bonds is 3. The molecule has 0 radical (unpaired) electrons. The third-order valence-electron chi connectivity index (χ3n) is 7.14. The van der Waals surface area contributed by atoms with E-state index in [1.54, 1.807) is 11.8 Å². The predicted octanol–water partition coefficient (Wildman–Crippen LogP) is 3.63. The van der Waals surface area contributed by atoms with Crippen molar-refractivity contribution in [2.75, 3.05) is 31.1 Å². The highest BCUT2D eigenvalue weighted by Crippen LogP contribution is 2.44. The number of carboxylic acids is 1. The zero-order valence-corrected chi connectivity index (χ0v) is 19.9. The van der Waals surface area contributed by atoms with Crippen molar-refractivity contribution in [3.8, 4) is 0 Å². The van der Waals surface area contributed by atoms with E-state index in [-0.39, 0.29) is 29.4 Å². The Morgan fingerprint density at radius 1 is 1.12 bits per heavy atom. The first-order chi connectivity index (χ1) is 15.9. The van der Waals surface area contributed by atoms with Gasteiger partial charge in [0.05, 0.1) is 17.4 Å². The molecule has 8 nitrogen and oxygen atoms in total. The zero-order valence-electron chi connectivity index (χ0n) is 19.9. The Hall–Kier alpha value is -3.10. The number of likely N-dealkylation sites (tertiary alicyclic amines) is 1. The molecular weight excluding hydrogens is 441 g/mol. The van der Waals surface area contributed by atoms with E-state index in [9.17, 15) is 19.5 Å². The number of carbonyl (C=O) groups excluding carboxylic acids is 1. The highest BCUT2D eigenvalue weighted by Gasteiger charge is 2.44. The van der Waals surface area contributed by atoms with E-state index in [4.69, 9.17) is 4.74 Å². The summed E-state index contributed by atoms with van der Waals surface area (Å²) in [4.78, 5) is 40.6. The molecule has 1 amide bonds. The molecule has 3 aliphatic rings. The second-order valence-corrected chi connectivity index (χ2v) is 10.9. The SMILES string of the molecule is Cc1c(N2C[C@H]3CN(C(=O)OC(C)(C)C)C[C@H]3C2)c(F)cn2c(=O)c(C(=O)O)cc(C3CC3)c12. The Labute approximate surface area is 196 Å². The van der Waals surface area contributed by atoms with E-state index < -0.39 is 22.9 Å². The summed E-state index contributed by atoms with van der Waals surface area (Å²) in [6.07, 6.45) is 2.67. The molecule has 5 rings (SSSR count). The highest BCUT2D eigenvalue weighted by atomic mass is 19.1. The average molecular weight is 472 g/mol. The van der Waals surface area contributed by atoms with Gasteiger partial charge in [0.2, 0.25) is 0 Å². The molecule has 0 spiro atoms. The molecule has 2 aromatic rings. The van der Waals surface area contributed by atoms with Gasteiger partial charge in [-0.15, -0.1) is 0 Å². The molecule has 182 valence electrons. The van der Waals surface area contributed by atoms with E-state index in [2.05, 4.69) is 0 Å². The van der Waals surface area contributed by atoms with Crippen LogP contribution in [0.25, 0.3) is 5.52 Å². The second-order valence-electron chi connectivity index (χ2n) is 10.9. The summed E-state index contributed by atoms with van der Waals surface area (Å²) in [5.74, 6) is -1.24. The van der Waals surface area contributed by atoms with Crippen LogP contribution in [0.1, 0.15) is 61.0 Å². The number of hydrogen-bond acceptors (Lipinski definition) is 5. The fraction of sp³-hybridized carbons (Fsp3) is 0.560. The molecule has 34 heavy (non-hydrogen) atoms. The van der Waals surface area contributed by atoms with Gasteiger partial charge < -0.3 is 19.6 Å². The Kier molecular flexibility index (Phi) is 5.15. The van der Waals surface area contributed by atoms with Gasteiger partial charge in [0.15, 0.2) is 5.82 Å². The summed E-state index contributed by atoms with van der Waals surface area (Å²) in [6, 6.07) is 1.48. The Morgan fingerprint density at radius 2 is 1.74 bits per heavy atom. The smallest absolute Gasteiger partial charge is 0.410 e. The van der Waals surface area contributed by atoms with Crippen molar-refractivity contribution in [1.29, 1.82) is 0 Å². The molecule has 4 heterocycles. The minimum absolute atomic E-state index is 0.186. The summed E-state index contributed by atoms with van der Waals surface area (Å²) in [5, 5.41) is 9.48. The Bertz CT molecular complexity index is 1250. The molecule has 3 fully saturated rings. The first-order valence-corrected chi connectivity index (χ1v) is 11.8. The van der Waals surface area contributed by atoms with E-state index in [0.717, 1.165) is 24.6 Å². The van der Waals surface area contributed by atoms with E-state index in [1.807, 2.05) is 25.7 Å². The third-order valence-corrected chi connectivity index (χ3v) is 7.14. The number of carbonyl (C=O) groups is 2. The van der Waals surface area contributed by atoms with Gasteiger partial charge in [-0.3, -0.25) is 9.20 Å². The molecule has 0 aromatic carbocycles. The van der Waals surface area contributed by atoms with Crippen LogP contribution in [-0.4, -0.2) is 58.2 Å². The first-order valence-electron chi connectivity index (χ1n) is 11.8. The van der Waals surface area contributed by atoms with Crippen molar-refractivity contribution < 1.29 is 23.8 Å². The standard InChI is InChI=1S/C25H30FN3O5/c1-13-20-17(14-5-6-14)7-18(23(31)32)22(30)29(20)12-19(26)21(13)27-8-15-10-28(11-16(15)9-27)24(33)34-25(2,3)4/h7,12,14-16H,5-6,8-11H2,1-4H3,(H,31,32)/t15-,16+. The number of nitrogens with zero attached hydrogens (tertiary/aromatic N) is 3. The van der Waals surface area contributed by atoms with E-state index >= 15 is 4.39 Å². The lowest BCUT2D eigenvalue weighted by Crippen LogP contribution is -2.37. The summed E-state index contributed by atoms with van der Waals surface area (Å²) in [7, 11) is 0. The number of aryl methyl sites for hydroxylation is 1. The molecule has 2 aromatic heterocycles. The van der Waals surface area contributed by atoms with Gasteiger partial charge in [0.1, 0.15) is 11.2 Å². The van der Waals surface area contributed by atoms with Crippen molar-refractivity contribution >= 4 is 23.3 Å². The molecule has 1 aliphatic carbocycles. The van der Waals surface area contributed by atoms with Gasteiger partial charge in [-0.2, -0.15) is 0 Å². The maximum atomic E-state index is 15.4. The van der Waals surface area contributed by atoms with E-state index in [1.165, 1.54) is 10.5 Å². The number of ether oxygens (including phenoxy) is 1. The number of hydrogen-bond donors (Lipinski definition) is 1. The molecule has 2 atom stereocenters. The van der Waals surface area contributed by atoms with Crippen molar-refractivity contribution in [2.45, 2.75) is 52.1 Å². The van der Waals surface area contributed by atoms with Gasteiger partial charge in [-0.25, -0.2) is 14.0 Å². The predicted molar refractivity (Wildman–Crippen MR) is 124 cm³/mol. The van der Waals surface area contributed by atoms with Crippen LogP contribution in [0.15, 0.2) is 17.1 Å². The molecule has 1 N–H and O–H groups in total. The van der Waals surface area contributed by atoms with Gasteiger partial charge in [-0.1, -0.05) is 0 Å². The number of pyridine rings is 2. The molecule has 1 saturated carbocycles. The second kappa shape index (κ2) is 7.71. The Balaban J connectivity index is 1.47. The summed E-state index contributed by atoms with van der Waals surface area (Å²) in [6.45, 7) is 9.68. The normalized spacial score (nSPS) is 22.4. The summed E-state index contributed by atoms with van der Waals surface area (Å²) < 4.78 is 22.1. The van der Waals surface area contributed by atoms with Crippen LogP contribution >= 0.6 is 0 Å². The summed E-state index contributed by atoms with van der Waals surface area (Å²) in [5.41, 5.74) is 0.926. The third kappa shape index (κ3) is 3.80. The first kappa shape index (κ1) is 22.7. The van der Waals surface area contributed by atoms with Crippen LogP contribution in [0.4, 0.5) is 14.9 Å². The summed E-state index contributed by atoms with van der Waals surface area (Å²) >= 11 is 0. The number of aromatic nitrogens is 1. The van der Waals surface area contributed by atoms with Gasteiger partial charge in [0.25, 0.3) is 5.56 Å². The average Bonchev–Trinajstić information content (AvgIpc) is 3.37. The number of amides is 1. The lowest BCUT2D eigenvalue weighted by molar-refractivity contribution is 0.0282. The maximum Gasteiger partial charge on any atom is 0.410 e. The van der Waals surface area contributed by atoms with Gasteiger partial charge in [-0.05, 0) is 63.6 Å². The number of carboxylic acid groups (broad SMARTS) is 1. The number of halogens is 1. The fourth-order valence-electron chi connectivity index (χ4n) is 5.54. The Morgan fingerprint density at radius 3 is 2.26 bits per heavy atom. The molecule has 2 aliphatic heterocycles. The molecule has 2 saturated heterocycles. The molecular formula is C25H30FN3O5. The monoisotopic (exact) mass is 471 g/mol. The topological polar surface area (TPSA) is 91.6 Å². The maximum absolute atomic E-state index is 15.4. The van der Waals surface area contributed by atoms with Crippen LogP contribution in [-0.2, 0) is 4.74 Å². The highest BCUT2D eigenvalue weighted by molar-refractivity contribution is 5.89. The number of fused-ring (bicyclic) bond motifs is 2. The molecule has 0 bridgehead atoms. The van der Waals surface area contributed by atoms with Crippen molar-refractivity contribution in [1.82, 2.24) is 9.30 Å². The lowest BCUT2D eigenvalue weighted by atomic mass is 10.0. The van der Waals surface area contributed by atoms with Crippen molar-refractivity contribution in [3.05, 3.63) is 45.1 Å². The fourth-order valence-corrected chi connectivity index (χ4v) is 5.54. The molecule has 0 unspecified atom stereocenters. The van der Waals surface area contributed by atoms with Crippen LogP contribution in [0.5, 0.6) is 0 Å². The van der Waals surface area contributed by atoms with E-state index in [0.29, 0.717) is 42.9 Å². The van der Waals surface area contributed by atoms with Crippen LogP contribution in [0.3, 0.4) is 0 Å². The van der Waals surface area contributed by atoms with Crippen LogP contribution in [0.2, 0.25) is 0 Å². The van der Waals surface area contributed by atoms with Gasteiger partial charge in [0, 0.05) is 38.0 Å².